The Morgan fingerprint density at radius 3 is 2.93 bits per heavy atom. The van der Waals surface area contributed by atoms with Gasteiger partial charge in [0.05, 0.1) is 6.04 Å². The molecule has 1 aromatic carbocycles. The number of terminal acetylenes is 1. The van der Waals surface area contributed by atoms with Gasteiger partial charge in [-0.25, -0.2) is 4.39 Å². The summed E-state index contributed by atoms with van der Waals surface area (Å²) in [5.74, 6) is 1.65. The van der Waals surface area contributed by atoms with E-state index in [1.807, 2.05) is 6.92 Å². The van der Waals surface area contributed by atoms with Crippen LogP contribution in [0.25, 0.3) is 0 Å². The molecule has 0 aliphatic rings. The number of aromatic hydroxyl groups is 1. The van der Waals surface area contributed by atoms with Crippen LogP contribution in [0.5, 0.6) is 5.75 Å². The Morgan fingerprint density at radius 2 is 2.33 bits per heavy atom. The smallest absolute Gasteiger partial charge is 0.165 e. The van der Waals surface area contributed by atoms with E-state index in [1.165, 1.54) is 6.07 Å². The minimum Gasteiger partial charge on any atom is -0.505 e. The van der Waals surface area contributed by atoms with Crippen molar-refractivity contribution in [1.29, 1.82) is 0 Å². The van der Waals surface area contributed by atoms with Gasteiger partial charge in [0.1, 0.15) is 0 Å². The lowest BCUT2D eigenvalue weighted by atomic mass is 10.1. The first-order chi connectivity index (χ1) is 7.19. The van der Waals surface area contributed by atoms with Gasteiger partial charge in [-0.3, -0.25) is 5.32 Å². The molecular formula is C12H14FNO. The molecule has 0 fully saturated rings. The molecule has 0 aromatic heterocycles. The van der Waals surface area contributed by atoms with Crippen molar-refractivity contribution in [1.82, 2.24) is 5.32 Å². The molecule has 0 aliphatic heterocycles. The zero-order chi connectivity index (χ0) is 11.3. The maximum Gasteiger partial charge on any atom is 0.165 e. The Bertz CT molecular complexity index is 370. The van der Waals surface area contributed by atoms with Crippen molar-refractivity contribution >= 4 is 0 Å². The van der Waals surface area contributed by atoms with Gasteiger partial charge in [0, 0.05) is 12.1 Å². The summed E-state index contributed by atoms with van der Waals surface area (Å²) in [6.07, 6.45) is 6.06. The molecule has 0 saturated carbocycles. The first-order valence-electron chi connectivity index (χ1n) is 4.85. The third-order valence-corrected chi connectivity index (χ3v) is 2.22. The zero-order valence-corrected chi connectivity index (χ0v) is 8.63. The van der Waals surface area contributed by atoms with E-state index in [-0.39, 0.29) is 11.8 Å². The molecule has 0 spiro atoms. The number of phenols is 1. The maximum absolute atomic E-state index is 12.9. The molecule has 2 nitrogen and oxygen atoms in total. The van der Waals surface area contributed by atoms with E-state index < -0.39 is 5.82 Å². The minimum atomic E-state index is -0.608. The summed E-state index contributed by atoms with van der Waals surface area (Å²) < 4.78 is 12.9. The van der Waals surface area contributed by atoms with Crippen LogP contribution in [0.3, 0.4) is 0 Å². The summed E-state index contributed by atoms with van der Waals surface area (Å²) in [5.41, 5.74) is 0.517. The highest BCUT2D eigenvalue weighted by molar-refractivity contribution is 5.33. The molecule has 3 heteroatoms. The van der Waals surface area contributed by atoms with Crippen LogP contribution in [0.15, 0.2) is 18.2 Å². The van der Waals surface area contributed by atoms with Gasteiger partial charge >= 0.3 is 0 Å². The summed E-state index contributed by atoms with van der Waals surface area (Å²) in [4.78, 5) is 0. The van der Waals surface area contributed by atoms with Crippen molar-refractivity contribution in [3.05, 3.63) is 29.6 Å². The second kappa shape index (κ2) is 5.38. The van der Waals surface area contributed by atoms with Gasteiger partial charge in [0.15, 0.2) is 11.6 Å². The molecule has 0 saturated heterocycles. The molecule has 0 bridgehead atoms. The molecule has 2 N–H and O–H groups in total. The molecular weight excluding hydrogens is 193 g/mol. The first-order valence-corrected chi connectivity index (χ1v) is 4.85. The molecule has 1 aromatic rings. The molecule has 15 heavy (non-hydrogen) atoms. The predicted molar refractivity (Wildman–Crippen MR) is 57.8 cm³/mol. The molecule has 1 atom stereocenters. The topological polar surface area (TPSA) is 32.3 Å². The van der Waals surface area contributed by atoms with Gasteiger partial charge in [-0.05, 0) is 12.5 Å². The fraction of sp³-hybridized carbons (Fsp3) is 0.333. The van der Waals surface area contributed by atoms with Gasteiger partial charge in [-0.15, -0.1) is 6.42 Å². The first kappa shape index (κ1) is 11.5. The van der Waals surface area contributed by atoms with Crippen molar-refractivity contribution < 1.29 is 9.50 Å². The maximum atomic E-state index is 12.9. The largest absolute Gasteiger partial charge is 0.505 e. The Morgan fingerprint density at radius 1 is 1.60 bits per heavy atom. The molecule has 0 amide bonds. The highest BCUT2D eigenvalue weighted by Crippen LogP contribution is 2.20. The van der Waals surface area contributed by atoms with Gasteiger partial charge in [0.2, 0.25) is 0 Å². The van der Waals surface area contributed by atoms with Gasteiger partial charge in [0.25, 0.3) is 0 Å². The van der Waals surface area contributed by atoms with Gasteiger partial charge < -0.3 is 5.11 Å². The lowest BCUT2D eigenvalue weighted by Crippen LogP contribution is -2.26. The van der Waals surface area contributed by atoms with Crippen LogP contribution in [0, 0.1) is 18.2 Å². The third-order valence-electron chi connectivity index (χ3n) is 2.22. The van der Waals surface area contributed by atoms with E-state index in [0.29, 0.717) is 12.1 Å². The van der Waals surface area contributed by atoms with Gasteiger partial charge in [-0.2, -0.15) is 0 Å². The fourth-order valence-corrected chi connectivity index (χ4v) is 1.26. The van der Waals surface area contributed by atoms with E-state index in [0.717, 1.165) is 6.42 Å². The van der Waals surface area contributed by atoms with Crippen molar-refractivity contribution in [3.63, 3.8) is 0 Å². The third kappa shape index (κ3) is 2.97. The second-order valence-corrected chi connectivity index (χ2v) is 3.26. The molecule has 0 heterocycles. The molecule has 80 valence electrons. The van der Waals surface area contributed by atoms with Crippen LogP contribution in [-0.2, 0) is 6.54 Å². The van der Waals surface area contributed by atoms with Crippen molar-refractivity contribution in [2.75, 3.05) is 0 Å². The van der Waals surface area contributed by atoms with E-state index in [2.05, 4.69) is 11.2 Å². The van der Waals surface area contributed by atoms with Crippen molar-refractivity contribution in [2.24, 2.45) is 0 Å². The second-order valence-electron chi connectivity index (χ2n) is 3.26. The standard InChI is InChI=1S/C12H14FNO/c1-3-10(4-2)14-8-9-6-5-7-11(13)12(9)15/h1,5-7,10,14-15H,4,8H2,2H3. The SMILES string of the molecule is C#CC(CC)NCc1cccc(F)c1O. The quantitative estimate of drug-likeness (QED) is 0.740. The van der Waals surface area contributed by atoms with E-state index in [1.54, 1.807) is 12.1 Å². The average molecular weight is 207 g/mol. The predicted octanol–water partition coefficient (Wildman–Crippen LogP) is 2.03. The number of phenolic OH excluding ortho intramolecular Hbond substituents is 1. The monoisotopic (exact) mass is 207 g/mol. The van der Waals surface area contributed by atoms with Crippen molar-refractivity contribution in [3.8, 4) is 18.1 Å². The molecule has 0 aliphatic carbocycles. The van der Waals surface area contributed by atoms with Crippen LogP contribution in [0.1, 0.15) is 18.9 Å². The van der Waals surface area contributed by atoms with Crippen LogP contribution < -0.4 is 5.32 Å². The van der Waals surface area contributed by atoms with E-state index >= 15 is 0 Å². The Labute approximate surface area is 89.1 Å². The normalized spacial score (nSPS) is 12.1. The summed E-state index contributed by atoms with van der Waals surface area (Å²) in [6, 6.07) is 4.39. The molecule has 1 unspecified atom stereocenters. The Kier molecular flexibility index (Phi) is 4.14. The number of benzene rings is 1. The van der Waals surface area contributed by atoms with Crippen molar-refractivity contribution in [2.45, 2.75) is 25.9 Å². The number of para-hydroxylation sites is 1. The van der Waals surface area contributed by atoms with Crippen LogP contribution >= 0.6 is 0 Å². The fourth-order valence-electron chi connectivity index (χ4n) is 1.26. The number of nitrogens with one attached hydrogen (secondary N) is 1. The number of rotatable bonds is 4. The highest BCUT2D eigenvalue weighted by Gasteiger charge is 2.07. The summed E-state index contributed by atoms with van der Waals surface area (Å²) in [5, 5.41) is 12.4. The average Bonchev–Trinajstić information content (AvgIpc) is 2.25. The number of halogens is 1. The van der Waals surface area contributed by atoms with Crippen LogP contribution in [-0.4, -0.2) is 11.1 Å². The lowest BCUT2D eigenvalue weighted by molar-refractivity contribution is 0.421. The molecule has 0 radical (unpaired) electrons. The summed E-state index contributed by atoms with van der Waals surface area (Å²) in [7, 11) is 0. The minimum absolute atomic E-state index is 0.0485. The van der Waals surface area contributed by atoms with E-state index in [9.17, 15) is 9.50 Å². The Balaban J connectivity index is 2.66. The summed E-state index contributed by atoms with van der Waals surface area (Å²) in [6.45, 7) is 2.33. The van der Waals surface area contributed by atoms with Crippen LogP contribution in [0.2, 0.25) is 0 Å². The van der Waals surface area contributed by atoms with E-state index in [4.69, 9.17) is 6.42 Å². The Hall–Kier alpha value is -1.53. The number of hydrogen-bond acceptors (Lipinski definition) is 2. The zero-order valence-electron chi connectivity index (χ0n) is 8.63. The van der Waals surface area contributed by atoms with Crippen LogP contribution in [0.4, 0.5) is 4.39 Å². The highest BCUT2D eigenvalue weighted by atomic mass is 19.1. The summed E-state index contributed by atoms with van der Waals surface area (Å²) >= 11 is 0. The number of hydrogen-bond donors (Lipinski definition) is 2. The van der Waals surface area contributed by atoms with Gasteiger partial charge in [-0.1, -0.05) is 25.0 Å². The lowest BCUT2D eigenvalue weighted by Gasteiger charge is -2.11. The molecule has 1 rings (SSSR count).